The van der Waals surface area contributed by atoms with Gasteiger partial charge in [0.05, 0.1) is 48.8 Å². The molecule has 3 fully saturated rings. The smallest absolute Gasteiger partial charge is 0.260 e. The fourth-order valence-corrected chi connectivity index (χ4v) is 10.2. The minimum atomic E-state index is -1.60. The highest BCUT2D eigenvalue weighted by atomic mass is 16.5. The van der Waals surface area contributed by atoms with Gasteiger partial charge < -0.3 is 19.0 Å². The van der Waals surface area contributed by atoms with Gasteiger partial charge in [0.25, 0.3) is 11.8 Å². The number of oxazole rings is 1. The van der Waals surface area contributed by atoms with Crippen molar-refractivity contribution in [1.82, 2.24) is 9.99 Å². The zero-order chi connectivity index (χ0) is 41.4. The van der Waals surface area contributed by atoms with Crippen LogP contribution in [0.4, 0.5) is 11.4 Å². The molecule has 0 bridgehead atoms. The largest absolute Gasteiger partial charge is 0.507 e. The van der Waals surface area contributed by atoms with E-state index >= 15 is 9.59 Å². The third-order valence-corrected chi connectivity index (χ3v) is 12.9. The van der Waals surface area contributed by atoms with Crippen molar-refractivity contribution in [2.75, 3.05) is 24.5 Å². The van der Waals surface area contributed by atoms with Crippen LogP contribution in [0, 0.1) is 30.6 Å². The van der Waals surface area contributed by atoms with Gasteiger partial charge in [-0.2, -0.15) is 5.01 Å². The number of anilines is 2. The number of aromatic nitrogens is 1. The van der Waals surface area contributed by atoms with Crippen molar-refractivity contribution in [3.05, 3.63) is 144 Å². The molecule has 2 saturated heterocycles. The second-order valence-electron chi connectivity index (χ2n) is 15.9. The number of imide groups is 2. The molecule has 60 heavy (non-hydrogen) atoms. The molecule has 300 valence electrons. The summed E-state index contributed by atoms with van der Waals surface area (Å²) in [6, 6.07) is 34.0. The van der Waals surface area contributed by atoms with E-state index < -0.39 is 52.7 Å². The molecule has 1 saturated carbocycles. The van der Waals surface area contributed by atoms with E-state index in [1.54, 1.807) is 42.5 Å². The number of nitrogens with one attached hydrogen (secondary N) is 1. The van der Waals surface area contributed by atoms with Gasteiger partial charge in [-0.1, -0.05) is 71.8 Å². The van der Waals surface area contributed by atoms with Crippen molar-refractivity contribution in [2.24, 2.45) is 23.7 Å². The number of aromatic hydroxyl groups is 1. The maximum Gasteiger partial charge on any atom is 0.260 e. The number of nitrogens with zero attached hydrogens (tertiary/aromatic N) is 3. The van der Waals surface area contributed by atoms with Crippen LogP contribution in [0.2, 0.25) is 0 Å². The summed E-state index contributed by atoms with van der Waals surface area (Å²) in [7, 11) is 2.94. The van der Waals surface area contributed by atoms with Crippen LogP contribution < -0.4 is 19.8 Å². The molecule has 2 aliphatic heterocycles. The van der Waals surface area contributed by atoms with Gasteiger partial charge in [0, 0.05) is 29.2 Å². The number of methoxy groups -OCH3 is 2. The first-order chi connectivity index (χ1) is 29.1. The number of aryl methyl sites for hydroxylation is 1. The van der Waals surface area contributed by atoms with Crippen LogP contribution >= 0.6 is 0 Å². The summed E-state index contributed by atoms with van der Waals surface area (Å²) in [6.45, 7) is 1.95. The SMILES string of the molecule is COc1cc(O)c([C@H]2C3=CC[C@@H]4C(=O)N(c5ccc(-c6nc7ccccc7o6)cc5)C(=O)[C@@H]4[C@@H]3C[C@H]3C(=O)N(Nc4ccc(C)cc4)C(=O)[C@@]23c2ccccc2)c(OC)c1. The maximum atomic E-state index is 15.5. The van der Waals surface area contributed by atoms with Crippen LogP contribution in [0.25, 0.3) is 22.6 Å². The third-order valence-electron chi connectivity index (χ3n) is 12.9. The maximum absolute atomic E-state index is 15.5. The number of rotatable bonds is 8. The number of ether oxygens (including phenoxy) is 2. The summed E-state index contributed by atoms with van der Waals surface area (Å²) in [5, 5.41) is 13.1. The molecule has 5 aromatic carbocycles. The zero-order valence-corrected chi connectivity index (χ0v) is 33.0. The van der Waals surface area contributed by atoms with Crippen LogP contribution in [0.3, 0.4) is 0 Å². The molecule has 12 heteroatoms. The van der Waals surface area contributed by atoms with Crippen LogP contribution in [0.5, 0.6) is 17.2 Å². The van der Waals surface area contributed by atoms with Gasteiger partial charge in [0.2, 0.25) is 17.7 Å². The molecule has 2 aliphatic carbocycles. The number of hydrazine groups is 1. The molecule has 0 spiro atoms. The number of phenols is 1. The molecule has 2 N–H and O–H groups in total. The van der Waals surface area contributed by atoms with Crippen LogP contribution in [-0.2, 0) is 24.6 Å². The van der Waals surface area contributed by atoms with Gasteiger partial charge in [-0.3, -0.25) is 29.5 Å². The summed E-state index contributed by atoms with van der Waals surface area (Å²) in [4.78, 5) is 65.7. The van der Waals surface area contributed by atoms with Crippen molar-refractivity contribution < 1.29 is 38.2 Å². The minimum Gasteiger partial charge on any atom is -0.507 e. The molecule has 6 aromatic rings. The molecule has 6 atom stereocenters. The van der Waals surface area contributed by atoms with Gasteiger partial charge in [0.15, 0.2) is 5.58 Å². The number of carbonyl (C=O) groups is 4. The Morgan fingerprint density at radius 3 is 2.27 bits per heavy atom. The number of para-hydroxylation sites is 2. The fraction of sp³-hybridized carbons (Fsp3) is 0.229. The molecule has 0 unspecified atom stereocenters. The Bertz CT molecular complexity index is 2730. The van der Waals surface area contributed by atoms with Crippen molar-refractivity contribution in [1.29, 1.82) is 0 Å². The van der Waals surface area contributed by atoms with E-state index in [1.807, 2.05) is 79.7 Å². The predicted molar refractivity (Wildman–Crippen MR) is 222 cm³/mol. The summed E-state index contributed by atoms with van der Waals surface area (Å²) < 4.78 is 17.4. The Morgan fingerprint density at radius 2 is 1.55 bits per heavy atom. The monoisotopic (exact) mass is 800 g/mol. The quantitative estimate of drug-likeness (QED) is 0.116. The average molecular weight is 801 g/mol. The molecule has 12 nitrogen and oxygen atoms in total. The highest BCUT2D eigenvalue weighted by molar-refractivity contribution is 6.22. The number of fused-ring (bicyclic) bond motifs is 5. The van der Waals surface area contributed by atoms with Crippen LogP contribution in [0.15, 0.2) is 131 Å². The topological polar surface area (TPSA) is 152 Å². The van der Waals surface area contributed by atoms with E-state index in [2.05, 4.69) is 10.4 Å². The van der Waals surface area contributed by atoms with E-state index in [1.165, 1.54) is 25.2 Å². The first kappa shape index (κ1) is 37.1. The first-order valence-electron chi connectivity index (χ1n) is 19.9. The van der Waals surface area contributed by atoms with Gasteiger partial charge in [0.1, 0.15) is 22.8 Å². The average Bonchev–Trinajstić information content (AvgIpc) is 3.89. The molecule has 10 rings (SSSR count). The Kier molecular flexibility index (Phi) is 8.64. The van der Waals surface area contributed by atoms with Crippen molar-refractivity contribution in [3.63, 3.8) is 0 Å². The lowest BCUT2D eigenvalue weighted by atomic mass is 9.49. The minimum absolute atomic E-state index is 0.0950. The molecule has 1 aromatic heterocycles. The number of hydrogen-bond donors (Lipinski definition) is 2. The number of phenolic OH excluding ortho intramolecular Hbond substituents is 1. The van der Waals surface area contributed by atoms with E-state index in [0.717, 1.165) is 10.6 Å². The first-order valence-corrected chi connectivity index (χ1v) is 19.9. The zero-order valence-electron chi connectivity index (χ0n) is 33.0. The van der Waals surface area contributed by atoms with Gasteiger partial charge in [-0.25, -0.2) is 4.98 Å². The summed E-state index contributed by atoms with van der Waals surface area (Å²) in [6.07, 6.45) is 2.24. The summed E-state index contributed by atoms with van der Waals surface area (Å²) in [5.74, 6) is -5.17. The lowest BCUT2D eigenvalue weighted by molar-refractivity contribution is -0.138. The van der Waals surface area contributed by atoms with Crippen molar-refractivity contribution in [3.8, 4) is 28.7 Å². The van der Waals surface area contributed by atoms with Gasteiger partial charge in [-0.15, -0.1) is 0 Å². The van der Waals surface area contributed by atoms with Gasteiger partial charge >= 0.3 is 0 Å². The standard InChI is InChI=1S/C48H40N4O8/c1-26-13-17-29(18-14-26)50-52-45(55)35-25-34-32(42(41-37(53)23-31(58-2)24-39(41)59-3)48(35,47(52)57)28-9-5-4-6-10-28)21-22-33-40(34)46(56)51(44(33)54)30-19-15-27(16-20-30)43-49-36-11-7-8-12-38(36)60-43/h4-21,23-24,33-35,40,42,50,53H,22,25H2,1-3H3/t33-,34+,35-,40-,42+,48+/m0/s1. The second kappa shape index (κ2) is 14.0. The lowest BCUT2D eigenvalue weighted by Crippen LogP contribution is -2.53. The van der Waals surface area contributed by atoms with E-state index in [-0.39, 0.29) is 35.8 Å². The van der Waals surface area contributed by atoms with Crippen molar-refractivity contribution >= 4 is 46.1 Å². The highest BCUT2D eigenvalue weighted by Gasteiger charge is 2.71. The molecular weight excluding hydrogens is 761 g/mol. The Hall–Kier alpha value is -7.21. The Labute approximate surface area is 345 Å². The Balaban J connectivity index is 1.10. The van der Waals surface area contributed by atoms with E-state index in [4.69, 9.17) is 13.9 Å². The van der Waals surface area contributed by atoms with Gasteiger partial charge in [-0.05, 0) is 79.8 Å². The Morgan fingerprint density at radius 1 is 0.817 bits per heavy atom. The fourth-order valence-electron chi connectivity index (χ4n) is 10.2. The summed E-state index contributed by atoms with van der Waals surface area (Å²) >= 11 is 0. The predicted octanol–water partition coefficient (Wildman–Crippen LogP) is 7.72. The van der Waals surface area contributed by atoms with Crippen LogP contribution in [-0.4, -0.2) is 52.9 Å². The molecule has 4 aliphatic rings. The molecule has 4 amide bonds. The normalized spacial score (nSPS) is 24.6. The lowest BCUT2D eigenvalue weighted by Gasteiger charge is -2.50. The number of benzene rings is 5. The van der Waals surface area contributed by atoms with Crippen LogP contribution in [0.1, 0.15) is 35.4 Å². The number of amides is 4. The number of carbonyl (C=O) groups excluding carboxylic acids is 4. The van der Waals surface area contributed by atoms with E-state index in [0.29, 0.717) is 50.8 Å². The second-order valence-corrected chi connectivity index (χ2v) is 15.9. The van der Waals surface area contributed by atoms with Crippen molar-refractivity contribution in [2.45, 2.75) is 31.1 Å². The summed E-state index contributed by atoms with van der Waals surface area (Å²) in [5.41, 5.74) is 7.04. The highest BCUT2D eigenvalue weighted by Crippen LogP contribution is 2.66. The number of allylic oxidation sites excluding steroid dienone is 2. The molecular formula is C48H40N4O8. The van der Waals surface area contributed by atoms with E-state index in [9.17, 15) is 14.7 Å². The molecule has 3 heterocycles. The third kappa shape index (κ3) is 5.39. The number of hydrogen-bond acceptors (Lipinski definition) is 10. The molecule has 0 radical (unpaired) electrons.